The van der Waals surface area contributed by atoms with Crippen LogP contribution in [0.2, 0.25) is 0 Å². The van der Waals surface area contributed by atoms with Gasteiger partial charge in [0, 0.05) is 12.0 Å². The zero-order valence-electron chi connectivity index (χ0n) is 10.7. The van der Waals surface area contributed by atoms with Crippen molar-refractivity contribution in [3.05, 3.63) is 0 Å². The van der Waals surface area contributed by atoms with Gasteiger partial charge in [-0.05, 0) is 38.8 Å². The van der Waals surface area contributed by atoms with E-state index in [1.165, 1.54) is 25.7 Å². The van der Waals surface area contributed by atoms with Crippen LogP contribution in [0.15, 0.2) is 0 Å². The summed E-state index contributed by atoms with van der Waals surface area (Å²) in [7, 11) is 0. The van der Waals surface area contributed by atoms with Crippen LogP contribution < -0.4 is 5.73 Å². The molecule has 0 saturated carbocycles. The number of rotatable bonds is 6. The van der Waals surface area contributed by atoms with E-state index in [9.17, 15) is 4.79 Å². The maximum Gasteiger partial charge on any atom is 0.220 e. The van der Waals surface area contributed by atoms with E-state index in [1.54, 1.807) is 0 Å². The zero-order chi connectivity index (χ0) is 12.0. The summed E-state index contributed by atoms with van der Waals surface area (Å²) in [4.78, 5) is 13.6. The van der Waals surface area contributed by atoms with Crippen molar-refractivity contribution in [1.29, 1.82) is 0 Å². The van der Waals surface area contributed by atoms with Gasteiger partial charge in [0.1, 0.15) is 0 Å². The molecule has 16 heavy (non-hydrogen) atoms. The number of likely N-dealkylation sites (tertiary alicyclic amines) is 1. The lowest BCUT2D eigenvalue weighted by atomic mass is 9.94. The van der Waals surface area contributed by atoms with Crippen LogP contribution in [-0.2, 0) is 4.79 Å². The van der Waals surface area contributed by atoms with Crippen molar-refractivity contribution >= 4 is 5.91 Å². The molecule has 2 N–H and O–H groups in total. The van der Waals surface area contributed by atoms with Crippen molar-refractivity contribution in [1.82, 2.24) is 4.90 Å². The Morgan fingerprint density at radius 2 is 2.00 bits per heavy atom. The third-order valence-corrected chi connectivity index (χ3v) is 3.81. The molecular weight excluding hydrogens is 200 g/mol. The Labute approximate surface area is 99.4 Å². The number of carbonyl (C=O) groups excluding carboxylic acids is 1. The minimum absolute atomic E-state index is 0.110. The van der Waals surface area contributed by atoms with E-state index < -0.39 is 0 Å². The van der Waals surface area contributed by atoms with Gasteiger partial charge in [-0.1, -0.05) is 26.7 Å². The Morgan fingerprint density at radius 1 is 1.38 bits per heavy atom. The maximum absolute atomic E-state index is 11.1. The van der Waals surface area contributed by atoms with Gasteiger partial charge in [-0.3, -0.25) is 4.79 Å². The van der Waals surface area contributed by atoms with Gasteiger partial charge in [-0.25, -0.2) is 0 Å². The molecule has 3 heteroatoms. The molecule has 1 fully saturated rings. The minimum atomic E-state index is -0.110. The summed E-state index contributed by atoms with van der Waals surface area (Å²) >= 11 is 0. The molecule has 1 amide bonds. The average Bonchev–Trinajstić information content (AvgIpc) is 2.30. The van der Waals surface area contributed by atoms with Crippen molar-refractivity contribution in [2.24, 2.45) is 11.7 Å². The lowest BCUT2D eigenvalue weighted by Crippen LogP contribution is -2.43. The van der Waals surface area contributed by atoms with Crippen molar-refractivity contribution in [3.63, 3.8) is 0 Å². The molecule has 0 aliphatic carbocycles. The molecule has 0 aromatic rings. The van der Waals surface area contributed by atoms with E-state index in [2.05, 4.69) is 18.7 Å². The number of amides is 1. The second-order valence-corrected chi connectivity index (χ2v) is 4.92. The summed E-state index contributed by atoms with van der Waals surface area (Å²) in [6, 6.07) is 0.716. The monoisotopic (exact) mass is 226 g/mol. The number of unbranched alkanes of at least 4 members (excludes halogenated alkanes) is 1. The van der Waals surface area contributed by atoms with Crippen LogP contribution in [0.25, 0.3) is 0 Å². The summed E-state index contributed by atoms with van der Waals surface area (Å²) < 4.78 is 0. The molecular formula is C13H26N2O. The second-order valence-electron chi connectivity index (χ2n) is 4.92. The number of piperidine rings is 1. The molecule has 1 atom stereocenters. The summed E-state index contributed by atoms with van der Waals surface area (Å²) in [5.41, 5.74) is 5.34. The number of carbonyl (C=O) groups is 1. The van der Waals surface area contributed by atoms with E-state index >= 15 is 0 Å². The highest BCUT2D eigenvalue weighted by atomic mass is 16.1. The number of nitrogens with two attached hydrogens (primary N) is 1. The zero-order valence-corrected chi connectivity index (χ0v) is 10.7. The summed E-state index contributed by atoms with van der Waals surface area (Å²) in [5.74, 6) is 0.0150. The molecule has 0 spiro atoms. The highest BCUT2D eigenvalue weighted by Gasteiger charge is 2.26. The van der Waals surface area contributed by atoms with E-state index in [0.717, 1.165) is 25.9 Å². The van der Waals surface area contributed by atoms with Crippen LogP contribution in [0.3, 0.4) is 0 Å². The Bertz CT molecular complexity index is 210. The smallest absolute Gasteiger partial charge is 0.220 e. The summed E-state index contributed by atoms with van der Waals surface area (Å²) in [6.07, 6.45) is 7.02. The van der Waals surface area contributed by atoms with Crippen LogP contribution >= 0.6 is 0 Å². The van der Waals surface area contributed by atoms with Crippen LogP contribution in [0.1, 0.15) is 52.4 Å². The maximum atomic E-state index is 11.1. The first-order chi connectivity index (χ1) is 7.69. The highest BCUT2D eigenvalue weighted by Crippen LogP contribution is 2.22. The highest BCUT2D eigenvalue weighted by molar-refractivity contribution is 5.76. The fraction of sp³-hybridized carbons (Fsp3) is 0.923. The van der Waals surface area contributed by atoms with Crippen LogP contribution in [0.5, 0.6) is 0 Å². The topological polar surface area (TPSA) is 46.3 Å². The molecule has 1 aliphatic heterocycles. The SMILES string of the molecule is CCCCC(CC)N1CCC(C(N)=O)CC1. The molecule has 1 aliphatic rings. The molecule has 1 unspecified atom stereocenters. The second kappa shape index (κ2) is 6.89. The van der Waals surface area contributed by atoms with E-state index in [0.29, 0.717) is 6.04 Å². The van der Waals surface area contributed by atoms with Crippen molar-refractivity contribution in [2.45, 2.75) is 58.4 Å². The molecule has 94 valence electrons. The van der Waals surface area contributed by atoms with E-state index in [1.807, 2.05) is 0 Å². The summed E-state index contributed by atoms with van der Waals surface area (Å²) in [5, 5.41) is 0. The van der Waals surface area contributed by atoms with E-state index in [-0.39, 0.29) is 11.8 Å². The van der Waals surface area contributed by atoms with Gasteiger partial charge in [-0.2, -0.15) is 0 Å². The first kappa shape index (κ1) is 13.5. The fourth-order valence-corrected chi connectivity index (χ4v) is 2.63. The first-order valence-corrected chi connectivity index (χ1v) is 6.72. The quantitative estimate of drug-likeness (QED) is 0.754. The molecule has 0 bridgehead atoms. The van der Waals surface area contributed by atoms with Gasteiger partial charge in [0.25, 0.3) is 0 Å². The van der Waals surface area contributed by atoms with Crippen molar-refractivity contribution in [3.8, 4) is 0 Å². The summed E-state index contributed by atoms with van der Waals surface area (Å²) in [6.45, 7) is 6.61. The van der Waals surface area contributed by atoms with Gasteiger partial charge in [-0.15, -0.1) is 0 Å². The molecule has 3 nitrogen and oxygen atoms in total. The average molecular weight is 226 g/mol. The number of primary amides is 1. The molecule has 1 heterocycles. The van der Waals surface area contributed by atoms with Gasteiger partial charge >= 0.3 is 0 Å². The third kappa shape index (κ3) is 3.78. The predicted molar refractivity (Wildman–Crippen MR) is 67.1 cm³/mol. The van der Waals surface area contributed by atoms with Gasteiger partial charge in [0.15, 0.2) is 0 Å². The fourth-order valence-electron chi connectivity index (χ4n) is 2.63. The van der Waals surface area contributed by atoms with Crippen LogP contribution in [0.4, 0.5) is 0 Å². The predicted octanol–water partition coefficient (Wildman–Crippen LogP) is 2.15. The third-order valence-electron chi connectivity index (χ3n) is 3.81. The lowest BCUT2D eigenvalue weighted by molar-refractivity contribution is -0.123. The van der Waals surface area contributed by atoms with Gasteiger partial charge in [0.05, 0.1) is 0 Å². The van der Waals surface area contributed by atoms with Gasteiger partial charge < -0.3 is 10.6 Å². The Morgan fingerprint density at radius 3 is 2.44 bits per heavy atom. The van der Waals surface area contributed by atoms with E-state index in [4.69, 9.17) is 5.73 Å². The number of nitrogens with zero attached hydrogens (tertiary/aromatic N) is 1. The standard InChI is InChI=1S/C13H26N2O/c1-3-5-6-12(4-2)15-9-7-11(8-10-15)13(14)16/h11-12H,3-10H2,1-2H3,(H2,14,16). The Kier molecular flexibility index (Phi) is 5.81. The first-order valence-electron chi connectivity index (χ1n) is 6.72. The van der Waals surface area contributed by atoms with Crippen LogP contribution in [-0.4, -0.2) is 29.9 Å². The van der Waals surface area contributed by atoms with Crippen LogP contribution in [0, 0.1) is 5.92 Å². The van der Waals surface area contributed by atoms with Crippen molar-refractivity contribution in [2.75, 3.05) is 13.1 Å². The molecule has 1 rings (SSSR count). The lowest BCUT2D eigenvalue weighted by Gasteiger charge is -2.36. The molecule has 0 radical (unpaired) electrons. The number of hydrogen-bond acceptors (Lipinski definition) is 2. The largest absolute Gasteiger partial charge is 0.369 e. The molecule has 0 aromatic carbocycles. The molecule has 1 saturated heterocycles. The Balaban J connectivity index is 2.35. The van der Waals surface area contributed by atoms with Gasteiger partial charge in [0.2, 0.25) is 5.91 Å². The number of hydrogen-bond donors (Lipinski definition) is 1. The van der Waals surface area contributed by atoms with Crippen molar-refractivity contribution < 1.29 is 4.79 Å². The normalized spacial score (nSPS) is 20.9. The minimum Gasteiger partial charge on any atom is -0.369 e. The Hall–Kier alpha value is -0.570. The molecule has 0 aromatic heterocycles.